The molecule has 0 radical (unpaired) electrons. The number of carboxylic acids is 1. The van der Waals surface area contributed by atoms with Crippen molar-refractivity contribution in [1.82, 2.24) is 9.88 Å². The van der Waals surface area contributed by atoms with Crippen LogP contribution in [0, 0.1) is 6.92 Å². The lowest BCUT2D eigenvalue weighted by Crippen LogP contribution is -2.36. The van der Waals surface area contributed by atoms with Gasteiger partial charge in [0.25, 0.3) is 5.91 Å². The van der Waals surface area contributed by atoms with Crippen molar-refractivity contribution in [2.75, 3.05) is 7.05 Å². The molecule has 92 valence electrons. The van der Waals surface area contributed by atoms with E-state index in [-0.39, 0.29) is 18.4 Å². The highest BCUT2D eigenvalue weighted by Gasteiger charge is 2.19. The van der Waals surface area contributed by atoms with Crippen molar-refractivity contribution in [1.29, 1.82) is 0 Å². The molecule has 0 aliphatic carbocycles. The fourth-order valence-electron chi connectivity index (χ4n) is 1.39. The van der Waals surface area contributed by atoms with Crippen molar-refractivity contribution < 1.29 is 14.7 Å². The van der Waals surface area contributed by atoms with Gasteiger partial charge in [-0.05, 0) is 26.0 Å². The number of rotatable bonds is 4. The van der Waals surface area contributed by atoms with Gasteiger partial charge in [-0.25, -0.2) is 0 Å². The molecule has 1 amide bonds. The zero-order valence-electron chi connectivity index (χ0n) is 10.2. The number of aliphatic carboxylic acids is 1. The zero-order chi connectivity index (χ0) is 13.0. The summed E-state index contributed by atoms with van der Waals surface area (Å²) < 4.78 is 0. The second kappa shape index (κ2) is 5.43. The Balaban J connectivity index is 2.75. The Labute approximate surface area is 100 Å². The second-order valence-electron chi connectivity index (χ2n) is 4.05. The molecule has 0 bridgehead atoms. The van der Waals surface area contributed by atoms with Crippen molar-refractivity contribution in [2.45, 2.75) is 26.3 Å². The van der Waals surface area contributed by atoms with E-state index in [4.69, 9.17) is 5.11 Å². The van der Waals surface area contributed by atoms with Crippen molar-refractivity contribution in [3.8, 4) is 0 Å². The first kappa shape index (κ1) is 13.2. The summed E-state index contributed by atoms with van der Waals surface area (Å²) in [6, 6.07) is 3.10. The molecule has 0 aliphatic rings. The quantitative estimate of drug-likeness (QED) is 0.856. The maximum atomic E-state index is 12.0. The molecule has 0 spiro atoms. The van der Waals surface area contributed by atoms with E-state index in [0.29, 0.717) is 5.56 Å². The molecule has 17 heavy (non-hydrogen) atoms. The molecule has 5 heteroatoms. The van der Waals surface area contributed by atoms with Gasteiger partial charge in [-0.15, -0.1) is 0 Å². The maximum absolute atomic E-state index is 12.0. The molecule has 1 rings (SSSR count). The van der Waals surface area contributed by atoms with E-state index in [1.54, 1.807) is 26.1 Å². The fourth-order valence-corrected chi connectivity index (χ4v) is 1.39. The maximum Gasteiger partial charge on any atom is 0.305 e. The molecule has 1 N–H and O–H groups in total. The molecular weight excluding hydrogens is 220 g/mol. The molecule has 0 aromatic carbocycles. The minimum Gasteiger partial charge on any atom is -0.481 e. The average Bonchev–Trinajstić information content (AvgIpc) is 2.27. The SMILES string of the molecule is Cc1ccc(C(=O)N(C)C(C)CC(=O)O)cn1. The van der Waals surface area contributed by atoms with Crippen molar-refractivity contribution in [3.63, 3.8) is 0 Å². The molecule has 1 heterocycles. The highest BCUT2D eigenvalue weighted by Crippen LogP contribution is 2.08. The molecule has 1 atom stereocenters. The summed E-state index contributed by atoms with van der Waals surface area (Å²) in [6.07, 6.45) is 1.43. The van der Waals surface area contributed by atoms with Crippen LogP contribution in [0.1, 0.15) is 29.4 Å². The topological polar surface area (TPSA) is 70.5 Å². The van der Waals surface area contributed by atoms with Crippen LogP contribution in [0.3, 0.4) is 0 Å². The highest BCUT2D eigenvalue weighted by atomic mass is 16.4. The van der Waals surface area contributed by atoms with Crippen molar-refractivity contribution in [2.24, 2.45) is 0 Å². The van der Waals surface area contributed by atoms with Gasteiger partial charge in [-0.3, -0.25) is 14.6 Å². The highest BCUT2D eigenvalue weighted by molar-refractivity contribution is 5.94. The van der Waals surface area contributed by atoms with Gasteiger partial charge in [0.1, 0.15) is 0 Å². The van der Waals surface area contributed by atoms with E-state index < -0.39 is 5.97 Å². The monoisotopic (exact) mass is 236 g/mol. The van der Waals surface area contributed by atoms with E-state index in [0.717, 1.165) is 5.69 Å². The Bertz CT molecular complexity index is 414. The van der Waals surface area contributed by atoms with Crippen molar-refractivity contribution in [3.05, 3.63) is 29.6 Å². The smallest absolute Gasteiger partial charge is 0.305 e. The number of hydrogen-bond acceptors (Lipinski definition) is 3. The number of aryl methyl sites for hydroxylation is 1. The standard InChI is InChI=1S/C12H16N2O3/c1-8-4-5-10(7-13-8)12(17)14(3)9(2)6-11(15)16/h4-5,7,9H,6H2,1-3H3,(H,15,16). The lowest BCUT2D eigenvalue weighted by atomic mass is 10.1. The van der Waals surface area contributed by atoms with Crippen LogP contribution in [0.15, 0.2) is 18.3 Å². The number of carbonyl (C=O) groups is 2. The lowest BCUT2D eigenvalue weighted by Gasteiger charge is -2.23. The summed E-state index contributed by atoms with van der Waals surface area (Å²) in [4.78, 5) is 28.0. The van der Waals surface area contributed by atoms with E-state index in [2.05, 4.69) is 4.98 Å². The van der Waals surface area contributed by atoms with Gasteiger partial charge in [0.15, 0.2) is 0 Å². The van der Waals surface area contributed by atoms with Crippen molar-refractivity contribution >= 4 is 11.9 Å². The predicted molar refractivity (Wildman–Crippen MR) is 62.8 cm³/mol. The first-order valence-electron chi connectivity index (χ1n) is 5.33. The van der Waals surface area contributed by atoms with Crippen LogP contribution in [0.5, 0.6) is 0 Å². The molecule has 5 nitrogen and oxygen atoms in total. The van der Waals surface area contributed by atoms with Crippen LogP contribution in [-0.2, 0) is 4.79 Å². The van der Waals surface area contributed by atoms with Gasteiger partial charge < -0.3 is 10.0 Å². The van der Waals surface area contributed by atoms with Crippen LogP contribution in [0.2, 0.25) is 0 Å². The largest absolute Gasteiger partial charge is 0.481 e. The van der Waals surface area contributed by atoms with Crippen LogP contribution in [0.25, 0.3) is 0 Å². The number of carboxylic acid groups (broad SMARTS) is 1. The third kappa shape index (κ3) is 3.55. The molecule has 1 aromatic heterocycles. The Morgan fingerprint density at radius 3 is 2.59 bits per heavy atom. The average molecular weight is 236 g/mol. The van der Waals surface area contributed by atoms with Crippen LogP contribution < -0.4 is 0 Å². The Hall–Kier alpha value is -1.91. The lowest BCUT2D eigenvalue weighted by molar-refractivity contribution is -0.137. The van der Waals surface area contributed by atoms with Gasteiger partial charge in [0, 0.05) is 25.0 Å². The van der Waals surface area contributed by atoms with Gasteiger partial charge >= 0.3 is 5.97 Å². The molecular formula is C12H16N2O3. The van der Waals surface area contributed by atoms with E-state index >= 15 is 0 Å². The molecule has 1 unspecified atom stereocenters. The number of pyridine rings is 1. The van der Waals surface area contributed by atoms with Gasteiger partial charge in [-0.1, -0.05) is 0 Å². The number of amides is 1. The number of hydrogen-bond donors (Lipinski definition) is 1. The summed E-state index contributed by atoms with van der Waals surface area (Å²) in [7, 11) is 1.59. The van der Waals surface area contributed by atoms with Gasteiger partial charge in [0.2, 0.25) is 0 Å². The third-order valence-corrected chi connectivity index (χ3v) is 2.61. The normalized spacial score (nSPS) is 11.9. The predicted octanol–water partition coefficient (Wildman–Crippen LogP) is 1.33. The van der Waals surface area contributed by atoms with E-state index in [9.17, 15) is 9.59 Å². The fraction of sp³-hybridized carbons (Fsp3) is 0.417. The van der Waals surface area contributed by atoms with Gasteiger partial charge in [-0.2, -0.15) is 0 Å². The van der Waals surface area contributed by atoms with E-state index in [1.807, 2.05) is 6.92 Å². The number of nitrogens with zero attached hydrogens (tertiary/aromatic N) is 2. The van der Waals surface area contributed by atoms with Gasteiger partial charge in [0.05, 0.1) is 12.0 Å². The minimum atomic E-state index is -0.917. The zero-order valence-corrected chi connectivity index (χ0v) is 10.2. The molecule has 0 saturated heterocycles. The number of carbonyl (C=O) groups excluding carboxylic acids is 1. The van der Waals surface area contributed by atoms with E-state index in [1.165, 1.54) is 11.1 Å². The summed E-state index contributed by atoms with van der Waals surface area (Å²) in [5.74, 6) is -1.13. The van der Waals surface area contributed by atoms with Crippen LogP contribution in [-0.4, -0.2) is 40.0 Å². The molecule has 0 aliphatic heterocycles. The first-order chi connectivity index (χ1) is 7.91. The Morgan fingerprint density at radius 1 is 1.47 bits per heavy atom. The van der Waals surface area contributed by atoms with Crippen LogP contribution >= 0.6 is 0 Å². The third-order valence-electron chi connectivity index (χ3n) is 2.61. The summed E-state index contributed by atoms with van der Waals surface area (Å²) >= 11 is 0. The molecule has 1 aromatic rings. The Kier molecular flexibility index (Phi) is 4.20. The molecule has 0 saturated carbocycles. The Morgan fingerprint density at radius 2 is 2.12 bits per heavy atom. The first-order valence-corrected chi connectivity index (χ1v) is 5.33. The van der Waals surface area contributed by atoms with Crippen LogP contribution in [0.4, 0.5) is 0 Å². The summed E-state index contributed by atoms with van der Waals surface area (Å²) in [5.41, 5.74) is 1.30. The molecule has 0 fully saturated rings. The number of aromatic nitrogens is 1. The second-order valence-corrected chi connectivity index (χ2v) is 4.05. The summed E-state index contributed by atoms with van der Waals surface area (Å²) in [5, 5.41) is 8.67. The minimum absolute atomic E-state index is 0.0679. The summed E-state index contributed by atoms with van der Waals surface area (Å²) in [6.45, 7) is 3.54.